The third kappa shape index (κ3) is 3.45. The van der Waals surface area contributed by atoms with Gasteiger partial charge in [-0.2, -0.15) is 4.68 Å². The van der Waals surface area contributed by atoms with Crippen LogP contribution in [0.3, 0.4) is 0 Å². The summed E-state index contributed by atoms with van der Waals surface area (Å²) in [6.45, 7) is 6.44. The van der Waals surface area contributed by atoms with Crippen LogP contribution in [-0.2, 0) is 5.41 Å². The second-order valence-corrected chi connectivity index (χ2v) is 11.4. The molecule has 0 amide bonds. The van der Waals surface area contributed by atoms with Crippen LogP contribution in [0.25, 0.3) is 5.00 Å². The molecule has 0 aromatic carbocycles. The van der Waals surface area contributed by atoms with E-state index in [9.17, 15) is 0 Å². The van der Waals surface area contributed by atoms with Crippen LogP contribution in [0.5, 0.6) is 0 Å². The first-order valence-electron chi connectivity index (χ1n) is 6.23. The molecule has 10 heteroatoms. The SMILES string of the molecule is CC(C)(C)c1nc(Sc2nnnn2-c2ccc(Br)s2)sc1Br. The maximum Gasteiger partial charge on any atom is 0.221 e. The van der Waals surface area contributed by atoms with Gasteiger partial charge in [-0.15, -0.1) is 16.4 Å². The van der Waals surface area contributed by atoms with Gasteiger partial charge in [-0.1, -0.05) is 32.1 Å². The largest absolute Gasteiger partial charge is 0.232 e. The monoisotopic (exact) mass is 479 g/mol. The number of hydrogen-bond acceptors (Lipinski definition) is 7. The Bertz CT molecular complexity index is 802. The number of aromatic nitrogens is 5. The molecular weight excluding hydrogens is 470 g/mol. The lowest BCUT2D eigenvalue weighted by Gasteiger charge is -2.15. The van der Waals surface area contributed by atoms with Crippen LogP contribution in [0, 0.1) is 0 Å². The average Bonchev–Trinajstić information content (AvgIpc) is 3.09. The molecule has 22 heavy (non-hydrogen) atoms. The average molecular weight is 481 g/mol. The summed E-state index contributed by atoms with van der Waals surface area (Å²) in [7, 11) is 0. The number of thiazole rings is 1. The number of hydrogen-bond donors (Lipinski definition) is 0. The molecule has 0 aliphatic carbocycles. The fourth-order valence-electron chi connectivity index (χ4n) is 1.67. The van der Waals surface area contributed by atoms with Gasteiger partial charge in [-0.3, -0.25) is 0 Å². The van der Waals surface area contributed by atoms with Gasteiger partial charge >= 0.3 is 0 Å². The molecule has 3 heterocycles. The van der Waals surface area contributed by atoms with Crippen LogP contribution in [0.15, 0.2) is 29.2 Å². The summed E-state index contributed by atoms with van der Waals surface area (Å²) in [5.74, 6) is 0. The first kappa shape index (κ1) is 16.6. The van der Waals surface area contributed by atoms with E-state index in [1.165, 1.54) is 11.8 Å². The first-order valence-corrected chi connectivity index (χ1v) is 10.3. The molecule has 5 nitrogen and oxygen atoms in total. The van der Waals surface area contributed by atoms with E-state index in [1.807, 2.05) is 12.1 Å². The van der Waals surface area contributed by atoms with Gasteiger partial charge in [0.15, 0.2) is 4.34 Å². The Morgan fingerprint density at radius 1 is 1.18 bits per heavy atom. The molecule has 0 bridgehead atoms. The summed E-state index contributed by atoms with van der Waals surface area (Å²) in [6.07, 6.45) is 0. The van der Waals surface area contributed by atoms with E-state index in [0.717, 1.165) is 22.6 Å². The summed E-state index contributed by atoms with van der Waals surface area (Å²) < 4.78 is 4.75. The van der Waals surface area contributed by atoms with Crippen molar-refractivity contribution in [3.8, 4) is 5.00 Å². The smallest absolute Gasteiger partial charge is 0.221 e. The predicted molar refractivity (Wildman–Crippen MR) is 97.4 cm³/mol. The summed E-state index contributed by atoms with van der Waals surface area (Å²) in [4.78, 5) is 4.72. The zero-order chi connectivity index (χ0) is 15.9. The normalized spacial score (nSPS) is 12.0. The van der Waals surface area contributed by atoms with Crippen molar-refractivity contribution in [1.29, 1.82) is 0 Å². The van der Waals surface area contributed by atoms with Crippen LogP contribution >= 0.6 is 66.3 Å². The molecule has 0 radical (unpaired) electrons. The van der Waals surface area contributed by atoms with Crippen molar-refractivity contribution < 1.29 is 0 Å². The highest BCUT2D eigenvalue weighted by molar-refractivity contribution is 9.11. The van der Waals surface area contributed by atoms with Crippen molar-refractivity contribution in [1.82, 2.24) is 25.2 Å². The molecule has 0 spiro atoms. The zero-order valence-corrected chi connectivity index (χ0v) is 17.5. The number of halogens is 2. The Balaban J connectivity index is 1.91. The maximum absolute atomic E-state index is 4.72. The van der Waals surface area contributed by atoms with E-state index in [2.05, 4.69) is 68.2 Å². The lowest BCUT2D eigenvalue weighted by molar-refractivity contribution is 0.566. The summed E-state index contributed by atoms with van der Waals surface area (Å²) in [5, 5.41) is 13.6. The van der Waals surface area contributed by atoms with E-state index >= 15 is 0 Å². The van der Waals surface area contributed by atoms with Gasteiger partial charge in [0.05, 0.1) is 13.3 Å². The Morgan fingerprint density at radius 2 is 1.95 bits per heavy atom. The zero-order valence-electron chi connectivity index (χ0n) is 11.9. The topological polar surface area (TPSA) is 56.5 Å². The van der Waals surface area contributed by atoms with E-state index in [1.54, 1.807) is 27.4 Å². The fourth-order valence-corrected chi connectivity index (χ4v) is 6.47. The van der Waals surface area contributed by atoms with Crippen molar-refractivity contribution in [3.05, 3.63) is 25.4 Å². The van der Waals surface area contributed by atoms with Crippen LogP contribution in [0.2, 0.25) is 0 Å². The number of thiophene rings is 1. The number of nitrogens with zero attached hydrogens (tertiary/aromatic N) is 5. The lowest BCUT2D eigenvalue weighted by Crippen LogP contribution is -2.12. The molecule has 0 N–H and O–H groups in total. The van der Waals surface area contributed by atoms with E-state index in [-0.39, 0.29) is 5.41 Å². The molecule has 0 atom stereocenters. The van der Waals surface area contributed by atoms with Gasteiger partial charge < -0.3 is 0 Å². The Kier molecular flexibility index (Phi) is 4.75. The van der Waals surface area contributed by atoms with Crippen LogP contribution < -0.4 is 0 Å². The third-order valence-corrected chi connectivity index (χ3v) is 6.97. The molecule has 0 aliphatic heterocycles. The van der Waals surface area contributed by atoms with Crippen molar-refractivity contribution in [2.24, 2.45) is 0 Å². The van der Waals surface area contributed by atoms with Gasteiger partial charge in [-0.05, 0) is 66.2 Å². The van der Waals surface area contributed by atoms with Gasteiger partial charge in [0.1, 0.15) is 5.00 Å². The Labute approximate surface area is 156 Å². The summed E-state index contributed by atoms with van der Waals surface area (Å²) >= 11 is 11.7. The summed E-state index contributed by atoms with van der Waals surface area (Å²) in [5.41, 5.74) is 1.05. The highest BCUT2D eigenvalue weighted by atomic mass is 79.9. The number of tetrazole rings is 1. The molecule has 3 aromatic rings. The van der Waals surface area contributed by atoms with Gasteiger partial charge in [0.25, 0.3) is 0 Å². The van der Waals surface area contributed by atoms with Crippen LogP contribution in [-0.4, -0.2) is 25.2 Å². The van der Waals surface area contributed by atoms with Crippen molar-refractivity contribution in [2.45, 2.75) is 35.7 Å². The van der Waals surface area contributed by atoms with Crippen molar-refractivity contribution in [2.75, 3.05) is 0 Å². The van der Waals surface area contributed by atoms with Crippen LogP contribution in [0.1, 0.15) is 26.5 Å². The first-order chi connectivity index (χ1) is 10.3. The van der Waals surface area contributed by atoms with E-state index < -0.39 is 0 Å². The highest BCUT2D eigenvalue weighted by Crippen LogP contribution is 2.40. The third-order valence-electron chi connectivity index (χ3n) is 2.66. The minimum absolute atomic E-state index is 0.00131. The van der Waals surface area contributed by atoms with Crippen LogP contribution in [0.4, 0.5) is 0 Å². The molecular formula is C12H11Br2N5S3. The second-order valence-electron chi connectivity index (χ2n) is 5.41. The fraction of sp³-hybridized carbons (Fsp3) is 0.333. The lowest BCUT2D eigenvalue weighted by atomic mass is 9.93. The van der Waals surface area contributed by atoms with Gasteiger partial charge in [0, 0.05) is 5.41 Å². The van der Waals surface area contributed by atoms with Crippen molar-refractivity contribution >= 4 is 66.3 Å². The molecule has 3 rings (SSSR count). The quantitative estimate of drug-likeness (QED) is 0.518. The predicted octanol–water partition coefficient (Wildman–Crippen LogP) is 5.15. The summed E-state index contributed by atoms with van der Waals surface area (Å²) in [6, 6.07) is 3.96. The second kappa shape index (κ2) is 6.31. The molecule has 3 aromatic heterocycles. The minimum Gasteiger partial charge on any atom is -0.232 e. The molecule has 0 unspecified atom stereocenters. The van der Waals surface area contributed by atoms with Gasteiger partial charge in [0.2, 0.25) is 5.16 Å². The molecule has 0 fully saturated rings. The van der Waals surface area contributed by atoms with Crippen molar-refractivity contribution in [3.63, 3.8) is 0 Å². The Morgan fingerprint density at radius 3 is 2.55 bits per heavy atom. The minimum atomic E-state index is -0.00131. The maximum atomic E-state index is 4.72. The number of rotatable bonds is 3. The molecule has 116 valence electrons. The Hall–Kier alpha value is -0.290. The van der Waals surface area contributed by atoms with E-state index in [0.29, 0.717) is 5.16 Å². The van der Waals surface area contributed by atoms with Gasteiger partial charge in [-0.25, -0.2) is 4.98 Å². The van der Waals surface area contributed by atoms with E-state index in [4.69, 9.17) is 4.98 Å². The standard InChI is InChI=1S/C12H11Br2N5S3/c1-12(2,3)8-9(14)21-11(15-8)22-10-16-17-18-19(10)7-5-4-6(13)20-7/h4-5H,1-3H3. The molecule has 0 aliphatic rings. The molecule has 0 saturated heterocycles. The highest BCUT2D eigenvalue weighted by Gasteiger charge is 2.23. The molecule has 0 saturated carbocycles.